The molecule has 0 spiro atoms. The molecule has 0 amide bonds. The number of thioether (sulfide) groups is 1. The normalized spacial score (nSPS) is 10.2. The topological polar surface area (TPSA) is 65.2 Å². The van der Waals surface area contributed by atoms with E-state index in [4.69, 9.17) is 10.5 Å². The van der Waals surface area contributed by atoms with E-state index in [9.17, 15) is 4.79 Å². The highest BCUT2D eigenvalue weighted by atomic mass is 32.2. The summed E-state index contributed by atoms with van der Waals surface area (Å²) < 4.78 is 5.95. The van der Waals surface area contributed by atoms with Crippen molar-refractivity contribution in [2.75, 3.05) is 18.1 Å². The van der Waals surface area contributed by atoms with Crippen molar-refractivity contribution in [3.63, 3.8) is 0 Å². The van der Waals surface area contributed by atoms with Crippen LogP contribution in [0.2, 0.25) is 0 Å². The lowest BCUT2D eigenvalue weighted by Crippen LogP contribution is -2.07. The van der Waals surface area contributed by atoms with Gasteiger partial charge in [0.15, 0.2) is 5.13 Å². The molecule has 0 aliphatic carbocycles. The van der Waals surface area contributed by atoms with Crippen molar-refractivity contribution in [2.45, 2.75) is 24.0 Å². The standard InChI is InChI=1S/C9H14N2O2S2/c1-2-3-4-13-7(12)6-14-8-5-11-9(10)15-8/h5H,2-4,6H2,1H3,(H2,10,11). The number of ether oxygens (including phenoxy) is 1. The number of rotatable bonds is 6. The summed E-state index contributed by atoms with van der Waals surface area (Å²) in [4.78, 5) is 15.1. The minimum Gasteiger partial charge on any atom is -0.465 e. The number of carbonyl (C=O) groups is 1. The molecule has 15 heavy (non-hydrogen) atoms. The number of unbranched alkanes of at least 4 members (excludes halogenated alkanes) is 1. The Morgan fingerprint density at radius 1 is 1.73 bits per heavy atom. The summed E-state index contributed by atoms with van der Waals surface area (Å²) in [6.07, 6.45) is 3.62. The van der Waals surface area contributed by atoms with Gasteiger partial charge in [0.05, 0.1) is 22.8 Å². The van der Waals surface area contributed by atoms with Crippen LogP contribution in [-0.2, 0) is 9.53 Å². The molecule has 1 aromatic heterocycles. The molecule has 0 aliphatic rings. The molecule has 0 atom stereocenters. The van der Waals surface area contributed by atoms with Gasteiger partial charge in [-0.25, -0.2) is 4.98 Å². The number of anilines is 1. The quantitative estimate of drug-likeness (QED) is 0.473. The van der Waals surface area contributed by atoms with Crippen LogP contribution < -0.4 is 5.73 Å². The first-order chi connectivity index (χ1) is 7.22. The van der Waals surface area contributed by atoms with Gasteiger partial charge in [-0.1, -0.05) is 24.7 Å². The van der Waals surface area contributed by atoms with Crippen molar-refractivity contribution in [3.05, 3.63) is 6.20 Å². The molecule has 0 bridgehead atoms. The van der Waals surface area contributed by atoms with Crippen molar-refractivity contribution < 1.29 is 9.53 Å². The van der Waals surface area contributed by atoms with Crippen LogP contribution in [-0.4, -0.2) is 23.3 Å². The van der Waals surface area contributed by atoms with Crippen LogP contribution in [0, 0.1) is 0 Å². The minimum absolute atomic E-state index is 0.180. The van der Waals surface area contributed by atoms with Crippen LogP contribution in [0.15, 0.2) is 10.4 Å². The molecule has 0 saturated carbocycles. The molecule has 1 aromatic rings. The minimum atomic E-state index is -0.180. The smallest absolute Gasteiger partial charge is 0.316 e. The summed E-state index contributed by atoms with van der Waals surface area (Å²) in [5.41, 5.74) is 5.46. The van der Waals surface area contributed by atoms with Crippen molar-refractivity contribution in [3.8, 4) is 0 Å². The average molecular weight is 246 g/mol. The monoisotopic (exact) mass is 246 g/mol. The largest absolute Gasteiger partial charge is 0.465 e. The third-order valence-electron chi connectivity index (χ3n) is 1.60. The first-order valence-corrected chi connectivity index (χ1v) is 6.52. The maximum atomic E-state index is 11.2. The third-order valence-corrected chi connectivity index (χ3v) is 3.59. The lowest BCUT2D eigenvalue weighted by atomic mass is 10.4. The van der Waals surface area contributed by atoms with Crippen molar-refractivity contribution >= 4 is 34.2 Å². The second-order valence-electron chi connectivity index (χ2n) is 2.88. The highest BCUT2D eigenvalue weighted by Gasteiger charge is 2.05. The number of thiazole rings is 1. The second kappa shape index (κ2) is 6.68. The number of aromatic nitrogens is 1. The molecular formula is C9H14N2O2S2. The maximum Gasteiger partial charge on any atom is 0.316 e. The maximum absolute atomic E-state index is 11.2. The number of nitrogens with two attached hydrogens (primary N) is 1. The lowest BCUT2D eigenvalue weighted by molar-refractivity contribution is -0.140. The van der Waals surface area contributed by atoms with Gasteiger partial charge in [0.2, 0.25) is 0 Å². The lowest BCUT2D eigenvalue weighted by Gasteiger charge is -2.01. The number of nitrogens with zero attached hydrogens (tertiary/aromatic N) is 1. The predicted molar refractivity (Wildman–Crippen MR) is 63.1 cm³/mol. The van der Waals surface area contributed by atoms with Crippen molar-refractivity contribution in [1.29, 1.82) is 0 Å². The number of hydrogen-bond acceptors (Lipinski definition) is 6. The van der Waals surface area contributed by atoms with E-state index in [1.807, 2.05) is 0 Å². The zero-order valence-electron chi connectivity index (χ0n) is 8.56. The van der Waals surface area contributed by atoms with Crippen LogP contribution in [0.5, 0.6) is 0 Å². The molecule has 6 heteroatoms. The van der Waals surface area contributed by atoms with Gasteiger partial charge in [-0.15, -0.1) is 11.8 Å². The third kappa shape index (κ3) is 5.03. The molecule has 4 nitrogen and oxygen atoms in total. The highest BCUT2D eigenvalue weighted by molar-refractivity contribution is 8.01. The van der Waals surface area contributed by atoms with E-state index in [2.05, 4.69) is 11.9 Å². The molecule has 0 saturated heterocycles. The van der Waals surface area contributed by atoms with Gasteiger partial charge >= 0.3 is 5.97 Å². The van der Waals surface area contributed by atoms with Crippen LogP contribution in [0.4, 0.5) is 5.13 Å². The van der Waals surface area contributed by atoms with Gasteiger partial charge in [0.25, 0.3) is 0 Å². The number of nitrogen functional groups attached to an aromatic ring is 1. The number of hydrogen-bond donors (Lipinski definition) is 1. The van der Waals surface area contributed by atoms with E-state index in [1.165, 1.54) is 23.1 Å². The second-order valence-corrected chi connectivity index (χ2v) is 5.22. The van der Waals surface area contributed by atoms with E-state index in [-0.39, 0.29) is 5.97 Å². The van der Waals surface area contributed by atoms with Crippen molar-refractivity contribution in [2.24, 2.45) is 0 Å². The Labute approximate surface area is 97.2 Å². The summed E-state index contributed by atoms with van der Waals surface area (Å²) >= 11 is 2.79. The molecule has 0 radical (unpaired) electrons. The molecule has 0 fully saturated rings. The van der Waals surface area contributed by atoms with Gasteiger partial charge < -0.3 is 10.5 Å². The fourth-order valence-electron chi connectivity index (χ4n) is 0.841. The van der Waals surface area contributed by atoms with Crippen LogP contribution in [0.3, 0.4) is 0 Å². The Kier molecular flexibility index (Phi) is 5.49. The van der Waals surface area contributed by atoms with Crippen molar-refractivity contribution in [1.82, 2.24) is 4.98 Å². The zero-order chi connectivity index (χ0) is 11.1. The van der Waals surface area contributed by atoms with Crippen LogP contribution >= 0.6 is 23.1 Å². The van der Waals surface area contributed by atoms with E-state index in [0.29, 0.717) is 17.5 Å². The Hall–Kier alpha value is -0.750. The summed E-state index contributed by atoms with van der Waals surface area (Å²) in [5, 5.41) is 0.525. The van der Waals surface area contributed by atoms with Gasteiger partial charge in [0.1, 0.15) is 0 Å². The molecule has 0 unspecified atom stereocenters. The first kappa shape index (κ1) is 12.3. The highest BCUT2D eigenvalue weighted by Crippen LogP contribution is 2.26. The van der Waals surface area contributed by atoms with E-state index in [0.717, 1.165) is 17.1 Å². The van der Waals surface area contributed by atoms with Gasteiger partial charge in [0, 0.05) is 0 Å². The Morgan fingerprint density at radius 2 is 2.53 bits per heavy atom. The van der Waals surface area contributed by atoms with Crippen LogP contribution in [0.25, 0.3) is 0 Å². The predicted octanol–water partition coefficient (Wildman–Crippen LogP) is 2.16. The summed E-state index contributed by atoms with van der Waals surface area (Å²) in [6.45, 7) is 2.57. The van der Waals surface area contributed by atoms with Crippen LogP contribution in [0.1, 0.15) is 19.8 Å². The molecule has 0 aliphatic heterocycles. The van der Waals surface area contributed by atoms with Gasteiger partial charge in [-0.3, -0.25) is 4.79 Å². The van der Waals surface area contributed by atoms with Gasteiger partial charge in [-0.2, -0.15) is 0 Å². The molecule has 0 aromatic carbocycles. The number of carbonyl (C=O) groups excluding carboxylic acids is 1. The molecule has 2 N–H and O–H groups in total. The fourth-order valence-corrected chi connectivity index (χ4v) is 2.40. The van der Waals surface area contributed by atoms with Gasteiger partial charge in [-0.05, 0) is 6.42 Å². The van der Waals surface area contributed by atoms with E-state index < -0.39 is 0 Å². The Balaban J connectivity index is 2.16. The molecule has 1 rings (SSSR count). The van der Waals surface area contributed by atoms with E-state index in [1.54, 1.807) is 6.20 Å². The summed E-state index contributed by atoms with van der Waals surface area (Å²) in [6, 6.07) is 0. The average Bonchev–Trinajstić information content (AvgIpc) is 2.62. The van der Waals surface area contributed by atoms with E-state index >= 15 is 0 Å². The summed E-state index contributed by atoms with van der Waals surface area (Å²) in [7, 11) is 0. The SMILES string of the molecule is CCCCOC(=O)CSc1cnc(N)s1. The molecular weight excluding hydrogens is 232 g/mol. The first-order valence-electron chi connectivity index (χ1n) is 4.72. The number of esters is 1. The molecule has 1 heterocycles. The fraction of sp³-hybridized carbons (Fsp3) is 0.556. The Bertz CT molecular complexity index is 315. The summed E-state index contributed by atoms with van der Waals surface area (Å²) in [5.74, 6) is 0.145. The zero-order valence-corrected chi connectivity index (χ0v) is 10.2. The molecule has 84 valence electrons. The Morgan fingerprint density at radius 3 is 3.13 bits per heavy atom.